The minimum atomic E-state index is -0.370. The molecule has 1 aromatic carbocycles. The number of rotatable bonds is 6. The van der Waals surface area contributed by atoms with Gasteiger partial charge in [-0.1, -0.05) is 35.8 Å². The van der Waals surface area contributed by atoms with Crippen molar-refractivity contribution in [3.05, 3.63) is 38.3 Å². The Hall–Kier alpha value is -0.940. The highest BCUT2D eigenvalue weighted by molar-refractivity contribution is 9.10. The van der Waals surface area contributed by atoms with Gasteiger partial charge in [-0.15, -0.1) is 0 Å². The average Bonchev–Trinajstić information content (AvgIpc) is 2.35. The minimum Gasteiger partial charge on any atom is -0.317 e. The second-order valence-electron chi connectivity index (χ2n) is 5.22. The molecule has 0 fully saturated rings. The first-order chi connectivity index (χ1) is 8.86. The molecule has 0 amide bonds. The van der Waals surface area contributed by atoms with Gasteiger partial charge in [0.2, 0.25) is 0 Å². The van der Waals surface area contributed by atoms with Crippen molar-refractivity contribution >= 4 is 21.6 Å². The third kappa shape index (κ3) is 4.28. The largest absolute Gasteiger partial charge is 0.317 e. The molecule has 0 aromatic heterocycles. The summed E-state index contributed by atoms with van der Waals surface area (Å²) in [6.45, 7) is 6.58. The molecular formula is C14H21BrN2O2. The Morgan fingerprint density at radius 2 is 2.00 bits per heavy atom. The molecule has 106 valence electrons. The Morgan fingerprint density at radius 3 is 2.42 bits per heavy atom. The fourth-order valence-electron chi connectivity index (χ4n) is 2.27. The first-order valence-electron chi connectivity index (χ1n) is 6.46. The molecule has 19 heavy (non-hydrogen) atoms. The summed E-state index contributed by atoms with van der Waals surface area (Å²) >= 11 is 3.44. The lowest BCUT2D eigenvalue weighted by Crippen LogP contribution is -2.35. The maximum atomic E-state index is 10.7. The van der Waals surface area contributed by atoms with Crippen LogP contribution in [0.1, 0.15) is 26.3 Å². The molecule has 0 saturated carbocycles. The van der Waals surface area contributed by atoms with Crippen LogP contribution in [0, 0.1) is 22.0 Å². The third-order valence-electron chi connectivity index (χ3n) is 3.66. The standard InChI is InChI=1S/C14H21BrN2O2/c1-9(2)13(10(3)16-4)7-11-5-6-12(17(18)19)8-14(11)15/h5-6,8-10,13,16H,7H2,1-4H3. The molecule has 1 rings (SSSR count). The highest BCUT2D eigenvalue weighted by Crippen LogP contribution is 2.28. The van der Waals surface area contributed by atoms with E-state index in [1.165, 1.54) is 0 Å². The van der Waals surface area contributed by atoms with E-state index in [0.717, 1.165) is 16.5 Å². The molecule has 1 aromatic rings. The number of halogens is 1. The zero-order valence-corrected chi connectivity index (χ0v) is 13.4. The summed E-state index contributed by atoms with van der Waals surface area (Å²) in [4.78, 5) is 10.4. The van der Waals surface area contributed by atoms with Crippen molar-refractivity contribution in [1.29, 1.82) is 0 Å². The number of non-ortho nitro benzene ring substituents is 1. The van der Waals surface area contributed by atoms with E-state index in [-0.39, 0.29) is 10.6 Å². The van der Waals surface area contributed by atoms with Crippen LogP contribution in [0.2, 0.25) is 0 Å². The molecule has 2 atom stereocenters. The Bertz CT molecular complexity index is 449. The van der Waals surface area contributed by atoms with E-state index in [1.807, 2.05) is 13.1 Å². The molecule has 0 aliphatic heterocycles. The zero-order valence-electron chi connectivity index (χ0n) is 11.8. The van der Waals surface area contributed by atoms with Crippen molar-refractivity contribution in [2.75, 3.05) is 7.05 Å². The van der Waals surface area contributed by atoms with Crippen LogP contribution in [0.15, 0.2) is 22.7 Å². The van der Waals surface area contributed by atoms with Crippen LogP contribution >= 0.6 is 15.9 Å². The molecule has 0 bridgehead atoms. The van der Waals surface area contributed by atoms with E-state index in [4.69, 9.17) is 0 Å². The van der Waals surface area contributed by atoms with Gasteiger partial charge in [0.05, 0.1) is 4.92 Å². The van der Waals surface area contributed by atoms with Crippen LogP contribution in [0.4, 0.5) is 5.69 Å². The molecule has 0 aliphatic rings. The molecule has 4 nitrogen and oxygen atoms in total. The Labute approximate surface area is 122 Å². The first-order valence-corrected chi connectivity index (χ1v) is 7.26. The van der Waals surface area contributed by atoms with Crippen LogP contribution in [0.5, 0.6) is 0 Å². The predicted molar refractivity (Wildman–Crippen MR) is 81.4 cm³/mol. The first kappa shape index (κ1) is 16.1. The lowest BCUT2D eigenvalue weighted by molar-refractivity contribution is -0.384. The number of hydrogen-bond donors (Lipinski definition) is 1. The number of hydrogen-bond acceptors (Lipinski definition) is 3. The summed E-state index contributed by atoms with van der Waals surface area (Å²) in [6, 6.07) is 5.40. The van der Waals surface area contributed by atoms with E-state index in [1.54, 1.807) is 12.1 Å². The Kier molecular flexibility index (Phi) is 5.94. The molecule has 0 radical (unpaired) electrons. The normalized spacial score (nSPS) is 14.4. The highest BCUT2D eigenvalue weighted by Gasteiger charge is 2.21. The smallest absolute Gasteiger partial charge is 0.270 e. The van der Waals surface area contributed by atoms with Crippen molar-refractivity contribution in [3.63, 3.8) is 0 Å². The Morgan fingerprint density at radius 1 is 1.37 bits per heavy atom. The van der Waals surface area contributed by atoms with Gasteiger partial charge < -0.3 is 5.32 Å². The van der Waals surface area contributed by atoms with Gasteiger partial charge in [-0.05, 0) is 37.8 Å². The van der Waals surface area contributed by atoms with Crippen LogP contribution < -0.4 is 5.32 Å². The quantitative estimate of drug-likeness (QED) is 0.638. The Balaban J connectivity index is 2.94. The van der Waals surface area contributed by atoms with E-state index in [2.05, 4.69) is 42.0 Å². The second-order valence-corrected chi connectivity index (χ2v) is 6.08. The predicted octanol–water partition coefficient (Wildman–Crippen LogP) is 3.78. The molecule has 1 N–H and O–H groups in total. The molecule has 0 heterocycles. The molecule has 0 spiro atoms. The summed E-state index contributed by atoms with van der Waals surface area (Å²) in [5.74, 6) is 1.03. The van der Waals surface area contributed by atoms with E-state index < -0.39 is 0 Å². The minimum absolute atomic E-state index is 0.124. The van der Waals surface area contributed by atoms with E-state index in [0.29, 0.717) is 17.9 Å². The average molecular weight is 329 g/mol. The van der Waals surface area contributed by atoms with Crippen molar-refractivity contribution < 1.29 is 4.92 Å². The van der Waals surface area contributed by atoms with Gasteiger partial charge in [0.25, 0.3) is 5.69 Å². The SMILES string of the molecule is CNC(C)C(Cc1ccc([N+](=O)[O-])cc1Br)C(C)C. The van der Waals surface area contributed by atoms with Gasteiger partial charge in [0, 0.05) is 22.6 Å². The summed E-state index contributed by atoms with van der Waals surface area (Å²) in [5, 5.41) is 14.0. The zero-order chi connectivity index (χ0) is 14.6. The fourth-order valence-corrected chi connectivity index (χ4v) is 2.80. The number of nitro benzene ring substituents is 1. The summed E-state index contributed by atoms with van der Waals surface area (Å²) in [6.07, 6.45) is 0.901. The summed E-state index contributed by atoms with van der Waals surface area (Å²) in [7, 11) is 1.96. The summed E-state index contributed by atoms with van der Waals surface area (Å²) in [5.41, 5.74) is 1.24. The fraction of sp³-hybridized carbons (Fsp3) is 0.571. The highest BCUT2D eigenvalue weighted by atomic mass is 79.9. The van der Waals surface area contributed by atoms with Crippen molar-refractivity contribution in [3.8, 4) is 0 Å². The third-order valence-corrected chi connectivity index (χ3v) is 4.40. The van der Waals surface area contributed by atoms with Gasteiger partial charge >= 0.3 is 0 Å². The topological polar surface area (TPSA) is 55.2 Å². The van der Waals surface area contributed by atoms with Crippen LogP contribution in [-0.2, 0) is 6.42 Å². The molecular weight excluding hydrogens is 308 g/mol. The molecule has 0 saturated heterocycles. The van der Waals surface area contributed by atoms with Crippen molar-refractivity contribution in [2.24, 2.45) is 11.8 Å². The van der Waals surface area contributed by atoms with Gasteiger partial charge in [-0.25, -0.2) is 0 Å². The molecule has 0 aliphatic carbocycles. The lowest BCUT2D eigenvalue weighted by atomic mass is 9.84. The van der Waals surface area contributed by atoms with Crippen molar-refractivity contribution in [2.45, 2.75) is 33.2 Å². The molecule has 2 unspecified atom stereocenters. The van der Waals surface area contributed by atoms with E-state index in [9.17, 15) is 10.1 Å². The van der Waals surface area contributed by atoms with Crippen LogP contribution in [0.3, 0.4) is 0 Å². The maximum Gasteiger partial charge on any atom is 0.270 e. The summed E-state index contributed by atoms with van der Waals surface area (Å²) < 4.78 is 0.815. The number of nitro groups is 1. The number of benzene rings is 1. The maximum absolute atomic E-state index is 10.7. The van der Waals surface area contributed by atoms with Gasteiger partial charge in [0.15, 0.2) is 0 Å². The van der Waals surface area contributed by atoms with Crippen LogP contribution in [-0.4, -0.2) is 18.0 Å². The van der Waals surface area contributed by atoms with Gasteiger partial charge in [-0.3, -0.25) is 10.1 Å². The number of nitrogens with zero attached hydrogens (tertiary/aromatic N) is 1. The second kappa shape index (κ2) is 7.01. The molecule has 5 heteroatoms. The van der Waals surface area contributed by atoms with Crippen molar-refractivity contribution in [1.82, 2.24) is 5.32 Å². The van der Waals surface area contributed by atoms with Crippen LogP contribution in [0.25, 0.3) is 0 Å². The van der Waals surface area contributed by atoms with Gasteiger partial charge in [0.1, 0.15) is 0 Å². The van der Waals surface area contributed by atoms with E-state index >= 15 is 0 Å². The van der Waals surface area contributed by atoms with Gasteiger partial charge in [-0.2, -0.15) is 0 Å². The monoisotopic (exact) mass is 328 g/mol. The number of nitrogens with one attached hydrogen (secondary N) is 1. The lowest BCUT2D eigenvalue weighted by Gasteiger charge is -2.27.